The molecule has 6 nitrogen and oxygen atoms in total. The summed E-state index contributed by atoms with van der Waals surface area (Å²) in [5.41, 5.74) is 1.52. The number of nitrogens with zero attached hydrogens (tertiary/aromatic N) is 2. The molecule has 1 N–H and O–H groups in total. The Kier molecular flexibility index (Phi) is 5.26. The topological polar surface area (TPSA) is 69.7 Å². The number of hydrogen-bond donors (Lipinski definition) is 1. The second-order valence-corrected chi connectivity index (χ2v) is 6.78. The predicted molar refractivity (Wildman–Crippen MR) is 92.5 cm³/mol. The van der Waals surface area contributed by atoms with Crippen molar-refractivity contribution >= 4 is 23.9 Å². The molecule has 0 spiro atoms. The average Bonchev–Trinajstić information content (AvgIpc) is 2.57. The summed E-state index contributed by atoms with van der Waals surface area (Å²) < 4.78 is 0. The van der Waals surface area contributed by atoms with Crippen molar-refractivity contribution in [3.05, 3.63) is 29.3 Å². The third-order valence-corrected chi connectivity index (χ3v) is 4.57. The Bertz CT molecular complexity index is 627. The number of hydrogen-bond acceptors (Lipinski definition) is 3. The molecule has 0 saturated carbocycles. The lowest BCUT2D eigenvalue weighted by molar-refractivity contribution is -0.148. The van der Waals surface area contributed by atoms with Crippen molar-refractivity contribution in [3.8, 4) is 0 Å². The van der Waals surface area contributed by atoms with Crippen LogP contribution in [0.2, 0.25) is 0 Å². The molecule has 130 valence electrons. The van der Waals surface area contributed by atoms with Crippen LogP contribution in [-0.4, -0.2) is 54.2 Å². The third-order valence-electron chi connectivity index (χ3n) is 4.57. The molecule has 1 aromatic carbocycles. The van der Waals surface area contributed by atoms with E-state index in [4.69, 9.17) is 0 Å². The molecule has 6 heteroatoms. The SMILES string of the molecule is Cc1cccc(C)c1NC(=O)C(C)(C)C(=O)N1CCN(C=O)CC1. The van der Waals surface area contributed by atoms with Gasteiger partial charge in [0.25, 0.3) is 0 Å². The predicted octanol–water partition coefficient (Wildman–Crippen LogP) is 1.57. The van der Waals surface area contributed by atoms with Crippen molar-refractivity contribution in [3.63, 3.8) is 0 Å². The molecule has 1 heterocycles. The Morgan fingerprint density at radius 1 is 1.08 bits per heavy atom. The quantitative estimate of drug-likeness (QED) is 0.672. The molecule has 1 aliphatic heterocycles. The molecule has 1 saturated heterocycles. The van der Waals surface area contributed by atoms with E-state index >= 15 is 0 Å². The van der Waals surface area contributed by atoms with Crippen molar-refractivity contribution in [1.82, 2.24) is 9.80 Å². The van der Waals surface area contributed by atoms with Gasteiger partial charge in [0.2, 0.25) is 18.2 Å². The zero-order valence-electron chi connectivity index (χ0n) is 14.8. The molecule has 0 radical (unpaired) electrons. The number of nitrogens with one attached hydrogen (secondary N) is 1. The molecule has 24 heavy (non-hydrogen) atoms. The van der Waals surface area contributed by atoms with Crippen molar-refractivity contribution in [2.24, 2.45) is 5.41 Å². The van der Waals surface area contributed by atoms with Crippen molar-refractivity contribution < 1.29 is 14.4 Å². The zero-order valence-corrected chi connectivity index (χ0v) is 14.8. The number of benzene rings is 1. The first kappa shape index (κ1) is 18.0. The van der Waals surface area contributed by atoms with Gasteiger partial charge in [-0.2, -0.15) is 0 Å². The second kappa shape index (κ2) is 7.03. The van der Waals surface area contributed by atoms with Gasteiger partial charge < -0.3 is 15.1 Å². The maximum atomic E-state index is 12.8. The highest BCUT2D eigenvalue weighted by molar-refractivity contribution is 6.10. The smallest absolute Gasteiger partial charge is 0.239 e. The minimum Gasteiger partial charge on any atom is -0.342 e. The highest BCUT2D eigenvalue weighted by Crippen LogP contribution is 2.26. The maximum absolute atomic E-state index is 12.8. The van der Waals surface area contributed by atoms with Gasteiger partial charge in [-0.1, -0.05) is 18.2 Å². The van der Waals surface area contributed by atoms with Crippen LogP contribution in [0.3, 0.4) is 0 Å². The number of piperazine rings is 1. The Morgan fingerprint density at radius 3 is 2.12 bits per heavy atom. The lowest BCUT2D eigenvalue weighted by atomic mass is 9.89. The van der Waals surface area contributed by atoms with E-state index < -0.39 is 5.41 Å². The van der Waals surface area contributed by atoms with E-state index in [1.54, 1.807) is 23.6 Å². The summed E-state index contributed by atoms with van der Waals surface area (Å²) in [5.74, 6) is -0.528. The first-order valence-electron chi connectivity index (χ1n) is 8.13. The van der Waals surface area contributed by atoms with Gasteiger partial charge in [-0.3, -0.25) is 14.4 Å². The van der Waals surface area contributed by atoms with Gasteiger partial charge in [0.15, 0.2) is 0 Å². The molecule has 1 aliphatic rings. The fraction of sp³-hybridized carbons (Fsp3) is 0.500. The van der Waals surface area contributed by atoms with Gasteiger partial charge in [0.05, 0.1) is 0 Å². The first-order valence-corrected chi connectivity index (χ1v) is 8.13. The largest absolute Gasteiger partial charge is 0.342 e. The minimum absolute atomic E-state index is 0.211. The lowest BCUT2D eigenvalue weighted by Crippen LogP contribution is -2.54. The Morgan fingerprint density at radius 2 is 1.62 bits per heavy atom. The summed E-state index contributed by atoms with van der Waals surface area (Å²) in [6.45, 7) is 9.06. The summed E-state index contributed by atoms with van der Waals surface area (Å²) in [4.78, 5) is 39.5. The fourth-order valence-corrected chi connectivity index (χ4v) is 2.80. The molecule has 0 atom stereocenters. The number of para-hydroxylation sites is 1. The van der Waals surface area contributed by atoms with E-state index in [2.05, 4.69) is 5.32 Å². The summed E-state index contributed by atoms with van der Waals surface area (Å²) >= 11 is 0. The molecule has 1 aromatic rings. The highest BCUT2D eigenvalue weighted by Gasteiger charge is 2.40. The van der Waals surface area contributed by atoms with Crippen LogP contribution in [0.15, 0.2) is 18.2 Å². The van der Waals surface area contributed by atoms with E-state index in [1.165, 1.54) is 0 Å². The molecule has 0 bridgehead atoms. The van der Waals surface area contributed by atoms with E-state index in [1.807, 2.05) is 32.0 Å². The number of carbonyl (C=O) groups excluding carboxylic acids is 3. The van der Waals surface area contributed by atoms with Crippen molar-refractivity contribution in [2.75, 3.05) is 31.5 Å². The van der Waals surface area contributed by atoms with Gasteiger partial charge in [-0.15, -0.1) is 0 Å². The van der Waals surface area contributed by atoms with Crippen LogP contribution in [0.25, 0.3) is 0 Å². The lowest BCUT2D eigenvalue weighted by Gasteiger charge is -2.36. The molecule has 1 fully saturated rings. The standard InChI is InChI=1S/C18H25N3O3/c1-13-6-5-7-14(2)15(13)19-16(23)18(3,4)17(24)21-10-8-20(12-22)9-11-21/h5-7,12H,8-11H2,1-4H3,(H,19,23). The molecule has 3 amide bonds. The van der Waals surface area contributed by atoms with Gasteiger partial charge in [0, 0.05) is 31.9 Å². The number of rotatable bonds is 4. The molecular weight excluding hydrogens is 306 g/mol. The third kappa shape index (κ3) is 3.58. The summed E-state index contributed by atoms with van der Waals surface area (Å²) in [5, 5.41) is 2.91. The van der Waals surface area contributed by atoms with Gasteiger partial charge in [0.1, 0.15) is 5.41 Å². The van der Waals surface area contributed by atoms with Crippen molar-refractivity contribution in [1.29, 1.82) is 0 Å². The molecule has 2 rings (SSSR count). The molecule has 0 unspecified atom stereocenters. The number of aryl methyl sites for hydroxylation is 2. The molecule has 0 aromatic heterocycles. The van der Waals surface area contributed by atoms with Crippen LogP contribution in [-0.2, 0) is 14.4 Å². The summed E-state index contributed by atoms with van der Waals surface area (Å²) in [6, 6.07) is 5.79. The van der Waals surface area contributed by atoms with Crippen LogP contribution in [0.4, 0.5) is 5.69 Å². The Balaban J connectivity index is 2.10. The van der Waals surface area contributed by atoms with E-state index in [0.29, 0.717) is 26.2 Å². The van der Waals surface area contributed by atoms with Gasteiger partial charge >= 0.3 is 0 Å². The summed E-state index contributed by atoms with van der Waals surface area (Å²) in [7, 11) is 0. The minimum atomic E-state index is -1.17. The highest BCUT2D eigenvalue weighted by atomic mass is 16.2. The van der Waals surface area contributed by atoms with E-state index in [9.17, 15) is 14.4 Å². The van der Waals surface area contributed by atoms with Crippen LogP contribution in [0.1, 0.15) is 25.0 Å². The van der Waals surface area contributed by atoms with Crippen molar-refractivity contribution in [2.45, 2.75) is 27.7 Å². The second-order valence-electron chi connectivity index (χ2n) is 6.78. The molecular formula is C18H25N3O3. The maximum Gasteiger partial charge on any atom is 0.239 e. The van der Waals surface area contributed by atoms with Crippen LogP contribution in [0, 0.1) is 19.3 Å². The number of amides is 3. The van der Waals surface area contributed by atoms with E-state index in [-0.39, 0.29) is 11.8 Å². The zero-order chi connectivity index (χ0) is 17.9. The first-order chi connectivity index (χ1) is 11.3. The normalized spacial score (nSPS) is 15.2. The van der Waals surface area contributed by atoms with Crippen LogP contribution in [0.5, 0.6) is 0 Å². The summed E-state index contributed by atoms with van der Waals surface area (Å²) in [6.07, 6.45) is 0.792. The Labute approximate surface area is 142 Å². The Hall–Kier alpha value is -2.37. The number of anilines is 1. The number of carbonyl (C=O) groups is 3. The van der Waals surface area contributed by atoms with Crippen LogP contribution >= 0.6 is 0 Å². The average molecular weight is 331 g/mol. The van der Waals surface area contributed by atoms with E-state index in [0.717, 1.165) is 23.2 Å². The van der Waals surface area contributed by atoms with Crippen LogP contribution < -0.4 is 5.32 Å². The van der Waals surface area contributed by atoms with Gasteiger partial charge in [-0.05, 0) is 38.8 Å². The fourth-order valence-electron chi connectivity index (χ4n) is 2.80. The monoisotopic (exact) mass is 331 g/mol. The molecule has 0 aliphatic carbocycles. The van der Waals surface area contributed by atoms with Gasteiger partial charge in [-0.25, -0.2) is 0 Å².